The van der Waals surface area contributed by atoms with Crippen molar-refractivity contribution >= 4 is 11.8 Å². The van der Waals surface area contributed by atoms with E-state index in [9.17, 15) is 9.59 Å². The van der Waals surface area contributed by atoms with E-state index in [1.165, 1.54) is 31.4 Å². The van der Waals surface area contributed by atoms with Gasteiger partial charge in [-0.25, -0.2) is 0 Å². The van der Waals surface area contributed by atoms with Crippen molar-refractivity contribution in [1.82, 2.24) is 9.80 Å². The van der Waals surface area contributed by atoms with Crippen molar-refractivity contribution < 1.29 is 14.3 Å². The number of hydrogen-bond acceptors (Lipinski definition) is 5. The predicted octanol–water partition coefficient (Wildman–Crippen LogP) is 3.98. The number of Topliss-reactive ketones (excluding diaryl/α,β-unsaturated/α-hetero) is 1. The summed E-state index contributed by atoms with van der Waals surface area (Å²) in [6.45, 7) is 8.04. The lowest BCUT2D eigenvalue weighted by molar-refractivity contribution is -0.138. The number of nitrogens with zero attached hydrogens (tertiary/aromatic N) is 2. The summed E-state index contributed by atoms with van der Waals surface area (Å²) in [5.41, 5.74) is 2.05. The van der Waals surface area contributed by atoms with Crippen LogP contribution in [0.5, 0.6) is 0 Å². The van der Waals surface area contributed by atoms with Crippen molar-refractivity contribution in [2.24, 2.45) is 34.0 Å². The highest BCUT2D eigenvalue weighted by Gasteiger charge is 2.76. The molecule has 4 saturated carbocycles. The van der Waals surface area contributed by atoms with Crippen LogP contribution in [0.1, 0.15) is 71.6 Å². The molecule has 1 saturated heterocycles. The molecule has 0 aromatic rings. The summed E-state index contributed by atoms with van der Waals surface area (Å²) in [6, 6.07) is 0. The maximum Gasteiger partial charge on any atom is 0.307 e. The second-order valence-electron chi connectivity index (χ2n) is 12.1. The molecule has 1 aliphatic heterocycles. The molecule has 0 N–H and O–H groups in total. The monoisotopic (exact) mass is 426 g/mol. The van der Waals surface area contributed by atoms with Crippen molar-refractivity contribution in [3.63, 3.8) is 0 Å². The molecule has 0 aromatic heterocycles. The van der Waals surface area contributed by atoms with Crippen LogP contribution in [0.15, 0.2) is 11.5 Å². The fraction of sp³-hybridized carbons (Fsp3) is 0.846. The molecule has 5 nitrogen and oxygen atoms in total. The third-order valence-corrected chi connectivity index (χ3v) is 10.9. The number of ether oxygens (including phenoxy) is 1. The van der Waals surface area contributed by atoms with Gasteiger partial charge in [0.05, 0.1) is 5.70 Å². The Balaban J connectivity index is 1.33. The molecule has 0 spiro atoms. The van der Waals surface area contributed by atoms with Gasteiger partial charge in [0.15, 0.2) is 0 Å². The molecule has 5 fully saturated rings. The van der Waals surface area contributed by atoms with E-state index in [1.54, 1.807) is 6.92 Å². The molecule has 0 amide bonds. The van der Waals surface area contributed by atoms with Gasteiger partial charge in [-0.2, -0.15) is 0 Å². The quantitative estimate of drug-likeness (QED) is 0.625. The molecule has 0 bridgehead atoms. The Morgan fingerprint density at radius 1 is 1.03 bits per heavy atom. The molecular formula is C26H38N2O3. The lowest BCUT2D eigenvalue weighted by Gasteiger charge is -2.54. The number of carbonyl (C=O) groups excluding carboxylic acids is 2. The molecular weight excluding hydrogens is 388 g/mol. The summed E-state index contributed by atoms with van der Waals surface area (Å²) in [7, 11) is 2.19. The van der Waals surface area contributed by atoms with Gasteiger partial charge in [-0.3, -0.25) is 9.59 Å². The molecule has 6 aliphatic rings. The Kier molecular flexibility index (Phi) is 4.30. The first-order valence-corrected chi connectivity index (χ1v) is 12.7. The Morgan fingerprint density at radius 2 is 1.81 bits per heavy atom. The first kappa shape index (κ1) is 20.3. The van der Waals surface area contributed by atoms with Crippen LogP contribution in [0.2, 0.25) is 0 Å². The molecule has 0 unspecified atom stereocenters. The van der Waals surface area contributed by atoms with E-state index in [0.29, 0.717) is 22.5 Å². The zero-order chi connectivity index (χ0) is 21.6. The molecule has 170 valence electrons. The molecule has 5 heteroatoms. The third kappa shape index (κ3) is 2.71. The summed E-state index contributed by atoms with van der Waals surface area (Å²) < 4.78 is 5.90. The normalized spacial score (nSPS) is 46.7. The lowest BCUT2D eigenvalue weighted by Crippen LogP contribution is -2.50. The van der Waals surface area contributed by atoms with Gasteiger partial charge in [0.1, 0.15) is 11.5 Å². The number of rotatable bonds is 2. The largest absolute Gasteiger partial charge is 0.429 e. The predicted molar refractivity (Wildman–Crippen MR) is 118 cm³/mol. The second-order valence-corrected chi connectivity index (χ2v) is 12.1. The fourth-order valence-electron chi connectivity index (χ4n) is 9.16. The molecule has 1 heterocycles. The third-order valence-electron chi connectivity index (χ3n) is 10.9. The minimum Gasteiger partial charge on any atom is -0.429 e. The number of carbonyl (C=O) groups is 2. The highest BCUT2D eigenvalue weighted by molar-refractivity contribution is 5.87. The first-order chi connectivity index (χ1) is 14.8. The number of likely N-dealkylation sites (N-methyl/N-ethyl adjacent to an activating group) is 1. The zero-order valence-corrected chi connectivity index (χ0v) is 19.5. The van der Waals surface area contributed by atoms with E-state index in [2.05, 4.69) is 23.8 Å². The second kappa shape index (κ2) is 6.59. The van der Waals surface area contributed by atoms with E-state index in [0.717, 1.165) is 75.9 Å². The van der Waals surface area contributed by atoms with E-state index < -0.39 is 0 Å². The van der Waals surface area contributed by atoms with Crippen molar-refractivity contribution in [1.29, 1.82) is 0 Å². The van der Waals surface area contributed by atoms with Gasteiger partial charge in [0, 0.05) is 51.4 Å². The summed E-state index contributed by atoms with van der Waals surface area (Å²) >= 11 is 0. The molecule has 5 aliphatic carbocycles. The van der Waals surface area contributed by atoms with E-state index in [4.69, 9.17) is 4.74 Å². The van der Waals surface area contributed by atoms with Gasteiger partial charge in [0.25, 0.3) is 0 Å². The highest BCUT2D eigenvalue weighted by atomic mass is 16.5. The number of hydrogen-bond donors (Lipinski definition) is 0. The average Bonchev–Trinajstić information content (AvgIpc) is 3.31. The van der Waals surface area contributed by atoms with Gasteiger partial charge in [-0.1, -0.05) is 6.92 Å². The Labute approximate surface area is 186 Å². The van der Waals surface area contributed by atoms with E-state index >= 15 is 0 Å². The maximum atomic E-state index is 12.7. The van der Waals surface area contributed by atoms with Crippen LogP contribution < -0.4 is 0 Å². The van der Waals surface area contributed by atoms with Crippen molar-refractivity contribution in [2.45, 2.75) is 71.6 Å². The zero-order valence-electron chi connectivity index (χ0n) is 19.5. The van der Waals surface area contributed by atoms with Gasteiger partial charge >= 0.3 is 5.97 Å². The smallest absolute Gasteiger partial charge is 0.307 e. The molecule has 0 aromatic carbocycles. The SMILES string of the molecule is CC(=O)OC1=C(N2CCN(C)CC2)C[C@@]23C[C@@]2(CC[C@@H]2[C@@H]3CC[C@]3(C)C(=O)CC[C@@H]23)C1. The van der Waals surface area contributed by atoms with Crippen molar-refractivity contribution in [3.05, 3.63) is 11.5 Å². The minimum absolute atomic E-state index is 0.0413. The lowest BCUT2D eigenvalue weighted by atomic mass is 9.50. The highest BCUT2D eigenvalue weighted by Crippen LogP contribution is 2.83. The maximum absolute atomic E-state index is 12.7. The van der Waals surface area contributed by atoms with Gasteiger partial charge in [-0.05, 0) is 80.6 Å². The number of piperazine rings is 1. The van der Waals surface area contributed by atoms with E-state index in [-0.39, 0.29) is 11.4 Å². The van der Waals surface area contributed by atoms with Gasteiger partial charge in [-0.15, -0.1) is 0 Å². The van der Waals surface area contributed by atoms with Gasteiger partial charge < -0.3 is 14.5 Å². The average molecular weight is 427 g/mol. The van der Waals surface area contributed by atoms with Gasteiger partial charge in [0.2, 0.25) is 0 Å². The number of fused-ring (bicyclic) bond motifs is 3. The Bertz CT molecular complexity index is 859. The minimum atomic E-state index is -0.169. The number of allylic oxidation sites excluding steroid dienone is 2. The standard InChI is InChI=1S/C26H38N2O3/c1-17(29)31-22-15-25-9-6-18-19-4-5-23(30)24(19,2)8-7-20(18)26(25,16-25)14-21(22)28-12-10-27(3)11-13-28/h18-20H,4-16H2,1-3H3/t18-,19-,20-,24-,25+,26-/m0/s1. The number of ketones is 1. The van der Waals surface area contributed by atoms with Crippen LogP contribution in [0.25, 0.3) is 0 Å². The molecule has 31 heavy (non-hydrogen) atoms. The Hall–Kier alpha value is -1.36. The number of esters is 1. The van der Waals surface area contributed by atoms with Crippen LogP contribution in [0, 0.1) is 34.0 Å². The molecule has 6 atom stereocenters. The summed E-state index contributed by atoms with van der Waals surface area (Å²) in [4.78, 5) is 29.6. The van der Waals surface area contributed by atoms with Crippen LogP contribution in [0.3, 0.4) is 0 Å². The summed E-state index contributed by atoms with van der Waals surface area (Å²) in [5.74, 6) is 3.45. The Morgan fingerprint density at radius 3 is 2.55 bits per heavy atom. The first-order valence-electron chi connectivity index (χ1n) is 12.7. The van der Waals surface area contributed by atoms with E-state index in [1.807, 2.05) is 0 Å². The molecule has 6 rings (SSSR count). The van der Waals surface area contributed by atoms with Crippen LogP contribution in [0.4, 0.5) is 0 Å². The molecule has 0 radical (unpaired) electrons. The topological polar surface area (TPSA) is 49.9 Å². The van der Waals surface area contributed by atoms with Crippen LogP contribution in [-0.4, -0.2) is 54.8 Å². The fourth-order valence-corrected chi connectivity index (χ4v) is 9.16. The van der Waals surface area contributed by atoms with Crippen LogP contribution >= 0.6 is 0 Å². The van der Waals surface area contributed by atoms with Crippen molar-refractivity contribution in [3.8, 4) is 0 Å². The summed E-state index contributed by atoms with van der Waals surface area (Å²) in [6.07, 6.45) is 10.2. The van der Waals surface area contributed by atoms with Crippen molar-refractivity contribution in [2.75, 3.05) is 33.2 Å². The van der Waals surface area contributed by atoms with Crippen LogP contribution in [-0.2, 0) is 14.3 Å². The summed E-state index contributed by atoms with van der Waals surface area (Å²) in [5, 5.41) is 0.